The molecule has 0 radical (unpaired) electrons. The fourth-order valence-corrected chi connectivity index (χ4v) is 3.18. The number of carbonyl (C=O) groups is 1. The number of carbonyl (C=O) groups excluding carboxylic acids is 1. The highest BCUT2D eigenvalue weighted by molar-refractivity contribution is 5.78. The molecule has 1 saturated carbocycles. The van der Waals surface area contributed by atoms with E-state index >= 15 is 0 Å². The lowest BCUT2D eigenvalue weighted by Crippen LogP contribution is -2.41. The minimum atomic E-state index is 0.150. The largest absolute Gasteiger partial charge is 0.368 e. The fourth-order valence-electron chi connectivity index (χ4n) is 3.18. The summed E-state index contributed by atoms with van der Waals surface area (Å²) in [5.41, 5.74) is 1.06. The maximum atomic E-state index is 12.4. The van der Waals surface area contributed by atoms with Gasteiger partial charge in [0, 0.05) is 19.0 Å². The fraction of sp³-hybridized carbons (Fsp3) is 0.526. The summed E-state index contributed by atoms with van der Waals surface area (Å²) in [6, 6.07) is 9.89. The minimum absolute atomic E-state index is 0.150. The first-order chi connectivity index (χ1) is 12.3. The Labute approximate surface area is 147 Å². The van der Waals surface area contributed by atoms with Crippen LogP contribution in [-0.4, -0.2) is 40.1 Å². The lowest BCUT2D eigenvalue weighted by Gasteiger charge is -2.31. The third kappa shape index (κ3) is 4.25. The number of rotatable bonds is 6. The molecular weight excluding hydrogens is 318 g/mol. The number of aromatic nitrogens is 2. The Morgan fingerprint density at radius 3 is 2.64 bits per heavy atom. The summed E-state index contributed by atoms with van der Waals surface area (Å²) < 4.78 is 11.1. The quantitative estimate of drug-likeness (QED) is 0.808. The average molecular weight is 341 g/mol. The Bertz CT molecular complexity index is 704. The van der Waals surface area contributed by atoms with Crippen LogP contribution >= 0.6 is 0 Å². The van der Waals surface area contributed by atoms with Gasteiger partial charge < -0.3 is 14.2 Å². The van der Waals surface area contributed by atoms with Crippen LogP contribution in [-0.2, 0) is 22.6 Å². The number of amides is 1. The molecule has 2 heterocycles. The molecule has 0 atom stereocenters. The van der Waals surface area contributed by atoms with Crippen molar-refractivity contribution in [3.8, 4) is 0 Å². The Balaban J connectivity index is 1.20. The van der Waals surface area contributed by atoms with Gasteiger partial charge in [0.15, 0.2) is 5.82 Å². The average Bonchev–Trinajstić information content (AvgIpc) is 3.39. The van der Waals surface area contributed by atoms with Crippen molar-refractivity contribution in [3.63, 3.8) is 0 Å². The molecule has 6 heteroatoms. The molecule has 1 aromatic carbocycles. The van der Waals surface area contributed by atoms with E-state index < -0.39 is 0 Å². The van der Waals surface area contributed by atoms with Gasteiger partial charge >= 0.3 is 0 Å². The summed E-state index contributed by atoms with van der Waals surface area (Å²) in [6.45, 7) is 1.85. The van der Waals surface area contributed by atoms with Crippen LogP contribution < -0.4 is 0 Å². The zero-order valence-corrected chi connectivity index (χ0v) is 14.3. The molecule has 1 aromatic heterocycles. The summed E-state index contributed by atoms with van der Waals surface area (Å²) in [7, 11) is 0. The van der Waals surface area contributed by atoms with Crippen molar-refractivity contribution in [2.24, 2.45) is 0 Å². The molecule has 132 valence electrons. The van der Waals surface area contributed by atoms with Crippen molar-refractivity contribution in [2.75, 3.05) is 13.1 Å². The van der Waals surface area contributed by atoms with Crippen LogP contribution in [0.4, 0.5) is 0 Å². The highest BCUT2D eigenvalue weighted by Gasteiger charge is 2.29. The number of benzene rings is 1. The number of nitrogens with zero attached hydrogens (tertiary/aromatic N) is 3. The zero-order chi connectivity index (χ0) is 17.1. The SMILES string of the molecule is O=C(Cc1ccccc1)N1CCC(OCc2nc(C3CC3)no2)CC1. The van der Waals surface area contributed by atoms with Crippen LogP contribution in [0.5, 0.6) is 0 Å². The molecule has 1 amide bonds. The van der Waals surface area contributed by atoms with Gasteiger partial charge in [-0.3, -0.25) is 4.79 Å². The number of likely N-dealkylation sites (tertiary alicyclic amines) is 1. The van der Waals surface area contributed by atoms with E-state index in [1.54, 1.807) is 0 Å². The Morgan fingerprint density at radius 1 is 1.16 bits per heavy atom. The molecule has 0 unspecified atom stereocenters. The minimum Gasteiger partial charge on any atom is -0.368 e. The van der Waals surface area contributed by atoms with E-state index in [2.05, 4.69) is 10.1 Å². The van der Waals surface area contributed by atoms with Crippen LogP contribution in [0, 0.1) is 0 Å². The van der Waals surface area contributed by atoms with E-state index in [9.17, 15) is 4.79 Å². The van der Waals surface area contributed by atoms with E-state index in [1.807, 2.05) is 35.2 Å². The van der Waals surface area contributed by atoms with Crippen molar-refractivity contribution >= 4 is 5.91 Å². The van der Waals surface area contributed by atoms with Crippen LogP contribution in [0.2, 0.25) is 0 Å². The molecule has 1 saturated heterocycles. The second-order valence-corrected chi connectivity index (χ2v) is 6.87. The lowest BCUT2D eigenvalue weighted by atomic mass is 10.1. The Morgan fingerprint density at radius 2 is 1.92 bits per heavy atom. The molecule has 0 spiro atoms. The van der Waals surface area contributed by atoms with Crippen molar-refractivity contribution in [1.82, 2.24) is 15.0 Å². The molecule has 2 fully saturated rings. The van der Waals surface area contributed by atoms with Crippen LogP contribution in [0.1, 0.15) is 48.9 Å². The molecule has 1 aliphatic heterocycles. The normalized spacial score (nSPS) is 18.5. The van der Waals surface area contributed by atoms with Gasteiger partial charge in [-0.1, -0.05) is 35.5 Å². The summed E-state index contributed by atoms with van der Waals surface area (Å²) in [5, 5.41) is 4.00. The van der Waals surface area contributed by atoms with E-state index in [0.717, 1.165) is 50.2 Å². The Kier molecular flexibility index (Phi) is 4.78. The maximum absolute atomic E-state index is 12.4. The Hall–Kier alpha value is -2.21. The van der Waals surface area contributed by atoms with Gasteiger partial charge in [0.1, 0.15) is 6.61 Å². The van der Waals surface area contributed by atoms with Crippen molar-refractivity contribution in [3.05, 3.63) is 47.6 Å². The first kappa shape index (κ1) is 16.3. The van der Waals surface area contributed by atoms with Crippen LogP contribution in [0.25, 0.3) is 0 Å². The highest BCUT2D eigenvalue weighted by Crippen LogP contribution is 2.38. The van der Waals surface area contributed by atoms with Crippen molar-refractivity contribution in [2.45, 2.75) is 50.7 Å². The molecule has 2 aromatic rings. The second-order valence-electron chi connectivity index (χ2n) is 6.87. The molecule has 6 nitrogen and oxygen atoms in total. The van der Waals surface area contributed by atoms with E-state index in [4.69, 9.17) is 9.26 Å². The smallest absolute Gasteiger partial charge is 0.252 e. The van der Waals surface area contributed by atoms with E-state index in [-0.39, 0.29) is 12.0 Å². The van der Waals surface area contributed by atoms with E-state index in [1.165, 1.54) is 0 Å². The number of hydrogen-bond donors (Lipinski definition) is 0. The summed E-state index contributed by atoms with van der Waals surface area (Å²) >= 11 is 0. The topological polar surface area (TPSA) is 68.5 Å². The van der Waals surface area contributed by atoms with Gasteiger partial charge in [-0.2, -0.15) is 4.98 Å². The first-order valence-corrected chi connectivity index (χ1v) is 9.04. The monoisotopic (exact) mass is 341 g/mol. The lowest BCUT2D eigenvalue weighted by molar-refractivity contribution is -0.133. The van der Waals surface area contributed by atoms with Gasteiger partial charge in [-0.25, -0.2) is 0 Å². The standard InChI is InChI=1S/C19H23N3O3/c23-18(12-14-4-2-1-3-5-14)22-10-8-16(9-11-22)24-13-17-20-19(21-25-17)15-6-7-15/h1-5,15-16H,6-13H2. The number of hydrogen-bond acceptors (Lipinski definition) is 5. The predicted octanol–water partition coefficient (Wildman–Crippen LogP) is 2.70. The summed E-state index contributed by atoms with van der Waals surface area (Å²) in [6.07, 6.45) is 4.65. The third-order valence-electron chi connectivity index (χ3n) is 4.86. The third-order valence-corrected chi connectivity index (χ3v) is 4.86. The molecule has 25 heavy (non-hydrogen) atoms. The van der Waals surface area contributed by atoms with Crippen LogP contribution in [0.3, 0.4) is 0 Å². The zero-order valence-electron chi connectivity index (χ0n) is 14.3. The van der Waals surface area contributed by atoms with Gasteiger partial charge in [-0.05, 0) is 31.2 Å². The van der Waals surface area contributed by atoms with Gasteiger partial charge in [0.05, 0.1) is 12.5 Å². The molecule has 0 N–H and O–H groups in total. The molecular formula is C19H23N3O3. The summed E-state index contributed by atoms with van der Waals surface area (Å²) in [5.74, 6) is 2.07. The molecule has 4 rings (SSSR count). The number of ether oxygens (including phenoxy) is 1. The van der Waals surface area contributed by atoms with E-state index in [0.29, 0.717) is 24.8 Å². The van der Waals surface area contributed by atoms with Crippen LogP contribution in [0.15, 0.2) is 34.9 Å². The summed E-state index contributed by atoms with van der Waals surface area (Å²) in [4.78, 5) is 18.7. The molecule has 0 bridgehead atoms. The van der Waals surface area contributed by atoms with Crippen molar-refractivity contribution < 1.29 is 14.1 Å². The molecule has 1 aliphatic carbocycles. The maximum Gasteiger partial charge on any atom is 0.252 e. The van der Waals surface area contributed by atoms with Gasteiger partial charge in [-0.15, -0.1) is 0 Å². The first-order valence-electron chi connectivity index (χ1n) is 9.04. The molecule has 2 aliphatic rings. The second kappa shape index (κ2) is 7.35. The number of piperidine rings is 1. The van der Waals surface area contributed by atoms with Crippen molar-refractivity contribution in [1.29, 1.82) is 0 Å². The predicted molar refractivity (Wildman–Crippen MR) is 90.8 cm³/mol. The van der Waals surface area contributed by atoms with Gasteiger partial charge in [0.25, 0.3) is 5.89 Å². The van der Waals surface area contributed by atoms with Gasteiger partial charge in [0.2, 0.25) is 5.91 Å². The highest BCUT2D eigenvalue weighted by atomic mass is 16.5.